The largest absolute Gasteiger partial charge is 0.327 e. The number of nitrogens with two attached hydrogens (primary N) is 1. The molecule has 0 aliphatic carbocycles. The van der Waals surface area contributed by atoms with Gasteiger partial charge in [0.15, 0.2) is 0 Å². The fourth-order valence-corrected chi connectivity index (χ4v) is 5.35. The van der Waals surface area contributed by atoms with Crippen LogP contribution >= 0.6 is 17.0 Å². The summed E-state index contributed by atoms with van der Waals surface area (Å²) < 4.78 is 0. The Bertz CT molecular complexity index is 503. The van der Waals surface area contributed by atoms with E-state index >= 15 is 0 Å². The van der Waals surface area contributed by atoms with Crippen LogP contribution in [0.15, 0.2) is 30.3 Å². The summed E-state index contributed by atoms with van der Waals surface area (Å²) in [7, 11) is 0. The van der Waals surface area contributed by atoms with Crippen LogP contribution in [0, 0.1) is 5.92 Å². The average molecular weight is 525 g/mol. The number of unbranched alkanes of at least 4 members (excludes halogenated alkanes) is 13. The minimum absolute atomic E-state index is 0. The van der Waals surface area contributed by atoms with E-state index in [2.05, 4.69) is 51.1 Å². The molecule has 3 atom stereocenters. The number of hydrogen-bond donors (Lipinski definition) is 1. The predicted molar refractivity (Wildman–Crippen MR) is 156 cm³/mol. The predicted octanol–water partition coefficient (Wildman–Crippen LogP) is 10.8. The van der Waals surface area contributed by atoms with E-state index in [0.29, 0.717) is 17.9 Å². The van der Waals surface area contributed by atoms with E-state index in [1.165, 1.54) is 128 Å². The first kappa shape index (κ1) is 32.7. The molecular formula is C31H58BrN. The van der Waals surface area contributed by atoms with Gasteiger partial charge in [0.1, 0.15) is 0 Å². The molecule has 1 nitrogen and oxygen atoms in total. The number of halogens is 1. The smallest absolute Gasteiger partial charge is 0.00730 e. The Hall–Kier alpha value is -0.340. The normalized spacial score (nSPS) is 13.9. The van der Waals surface area contributed by atoms with E-state index < -0.39 is 0 Å². The van der Waals surface area contributed by atoms with Gasteiger partial charge in [0, 0.05) is 6.04 Å². The van der Waals surface area contributed by atoms with Crippen molar-refractivity contribution >= 4 is 17.0 Å². The van der Waals surface area contributed by atoms with Crippen molar-refractivity contribution in [2.75, 3.05) is 0 Å². The molecular weight excluding hydrogens is 466 g/mol. The van der Waals surface area contributed by atoms with Crippen LogP contribution in [0.25, 0.3) is 0 Å². The van der Waals surface area contributed by atoms with Crippen LogP contribution in [-0.4, -0.2) is 6.04 Å². The summed E-state index contributed by atoms with van der Waals surface area (Å²) in [5.74, 6) is 1.27. The maximum absolute atomic E-state index is 6.96. The lowest BCUT2D eigenvalue weighted by molar-refractivity contribution is 0.285. The van der Waals surface area contributed by atoms with E-state index in [4.69, 9.17) is 5.73 Å². The molecule has 33 heavy (non-hydrogen) atoms. The quantitative estimate of drug-likeness (QED) is 0.150. The Kier molecular flexibility index (Phi) is 23.2. The fraction of sp³-hybridized carbons (Fsp3) is 0.806. The number of rotatable bonds is 22. The van der Waals surface area contributed by atoms with Gasteiger partial charge in [-0.2, -0.15) is 0 Å². The highest BCUT2D eigenvalue weighted by Gasteiger charge is 2.27. The first-order chi connectivity index (χ1) is 15.7. The Morgan fingerprint density at radius 3 is 1.52 bits per heavy atom. The zero-order valence-electron chi connectivity index (χ0n) is 22.5. The summed E-state index contributed by atoms with van der Waals surface area (Å²) in [5, 5.41) is 0. The third kappa shape index (κ3) is 16.0. The van der Waals surface area contributed by atoms with Gasteiger partial charge in [0.2, 0.25) is 0 Å². The molecule has 1 rings (SSSR count). The molecule has 1 aromatic carbocycles. The summed E-state index contributed by atoms with van der Waals surface area (Å²) >= 11 is 0. The second kappa shape index (κ2) is 23.4. The zero-order chi connectivity index (χ0) is 23.3. The van der Waals surface area contributed by atoms with Gasteiger partial charge in [-0.1, -0.05) is 154 Å². The maximum atomic E-state index is 6.96. The minimum Gasteiger partial charge on any atom is -0.327 e. The van der Waals surface area contributed by atoms with Crippen molar-refractivity contribution in [2.45, 2.75) is 155 Å². The lowest BCUT2D eigenvalue weighted by atomic mass is 9.75. The van der Waals surface area contributed by atoms with Crippen LogP contribution in [0.3, 0.4) is 0 Å². The van der Waals surface area contributed by atoms with E-state index in [-0.39, 0.29) is 17.0 Å². The van der Waals surface area contributed by atoms with Crippen molar-refractivity contribution < 1.29 is 0 Å². The molecule has 0 saturated carbocycles. The van der Waals surface area contributed by atoms with Crippen molar-refractivity contribution in [1.82, 2.24) is 0 Å². The number of hydrogen-bond acceptors (Lipinski definition) is 1. The molecule has 0 bridgehead atoms. The standard InChI is InChI=1S/C31H57N.BrH/c1-4-7-10-12-13-14-15-17-22-27-31(32)30(26-21-16-11-8-5-2)29(25-9-6-3)28-23-19-18-20-24-28;/h18-20,23-24,29-31H,4-17,21-22,25-27,32H2,1-3H3;1H. The van der Waals surface area contributed by atoms with Crippen LogP contribution in [-0.2, 0) is 0 Å². The molecule has 0 amide bonds. The average Bonchev–Trinajstić information content (AvgIpc) is 2.82. The van der Waals surface area contributed by atoms with Crippen LogP contribution in [0.1, 0.15) is 154 Å². The lowest BCUT2D eigenvalue weighted by Gasteiger charge is -2.33. The first-order valence-electron chi connectivity index (χ1n) is 14.5. The molecule has 0 spiro atoms. The van der Waals surface area contributed by atoms with Crippen LogP contribution in [0.5, 0.6) is 0 Å². The fourth-order valence-electron chi connectivity index (χ4n) is 5.35. The van der Waals surface area contributed by atoms with Gasteiger partial charge in [-0.3, -0.25) is 0 Å². The molecule has 3 unspecified atom stereocenters. The van der Waals surface area contributed by atoms with Crippen LogP contribution in [0.4, 0.5) is 0 Å². The number of benzene rings is 1. The maximum Gasteiger partial charge on any atom is 0.00730 e. The second-order valence-corrected chi connectivity index (χ2v) is 10.3. The monoisotopic (exact) mass is 523 g/mol. The van der Waals surface area contributed by atoms with E-state index in [0.717, 1.165) is 0 Å². The summed E-state index contributed by atoms with van der Waals surface area (Å²) in [4.78, 5) is 0. The molecule has 0 fully saturated rings. The van der Waals surface area contributed by atoms with E-state index in [9.17, 15) is 0 Å². The molecule has 0 aliphatic heterocycles. The Morgan fingerprint density at radius 2 is 1.00 bits per heavy atom. The Morgan fingerprint density at radius 1 is 0.545 bits per heavy atom. The third-order valence-corrected chi connectivity index (χ3v) is 7.45. The Balaban J connectivity index is 0.0000102. The lowest BCUT2D eigenvalue weighted by Crippen LogP contribution is -2.34. The molecule has 0 aliphatic rings. The van der Waals surface area contributed by atoms with Gasteiger partial charge >= 0.3 is 0 Å². The van der Waals surface area contributed by atoms with Crippen LogP contribution in [0.2, 0.25) is 0 Å². The van der Waals surface area contributed by atoms with Gasteiger partial charge < -0.3 is 5.73 Å². The highest BCUT2D eigenvalue weighted by atomic mass is 79.9. The Labute approximate surface area is 218 Å². The van der Waals surface area contributed by atoms with E-state index in [1.807, 2.05) is 0 Å². The molecule has 2 N–H and O–H groups in total. The summed E-state index contributed by atoms with van der Waals surface area (Å²) in [6.07, 6.45) is 25.8. The van der Waals surface area contributed by atoms with Crippen molar-refractivity contribution in [3.05, 3.63) is 35.9 Å². The minimum atomic E-state index is 0. The zero-order valence-corrected chi connectivity index (χ0v) is 24.3. The molecule has 0 aromatic heterocycles. The second-order valence-electron chi connectivity index (χ2n) is 10.3. The van der Waals surface area contributed by atoms with Crippen molar-refractivity contribution in [3.63, 3.8) is 0 Å². The first-order valence-corrected chi connectivity index (χ1v) is 14.5. The molecule has 194 valence electrons. The summed E-state index contributed by atoms with van der Waals surface area (Å²) in [5.41, 5.74) is 8.49. The molecule has 0 radical (unpaired) electrons. The summed E-state index contributed by atoms with van der Waals surface area (Å²) in [6, 6.07) is 11.7. The van der Waals surface area contributed by atoms with Crippen molar-refractivity contribution in [1.29, 1.82) is 0 Å². The van der Waals surface area contributed by atoms with Crippen LogP contribution < -0.4 is 5.73 Å². The van der Waals surface area contributed by atoms with Gasteiger partial charge in [-0.05, 0) is 36.7 Å². The molecule has 0 heterocycles. The highest BCUT2D eigenvalue weighted by Crippen LogP contribution is 2.36. The van der Waals surface area contributed by atoms with Gasteiger partial charge in [0.05, 0.1) is 0 Å². The highest BCUT2D eigenvalue weighted by molar-refractivity contribution is 8.93. The van der Waals surface area contributed by atoms with Crippen molar-refractivity contribution in [3.8, 4) is 0 Å². The summed E-state index contributed by atoms with van der Waals surface area (Å²) in [6.45, 7) is 6.93. The van der Waals surface area contributed by atoms with E-state index in [1.54, 1.807) is 0 Å². The van der Waals surface area contributed by atoms with Gasteiger partial charge in [-0.15, -0.1) is 17.0 Å². The molecule has 1 aromatic rings. The molecule has 2 heteroatoms. The van der Waals surface area contributed by atoms with Gasteiger partial charge in [0.25, 0.3) is 0 Å². The van der Waals surface area contributed by atoms with Gasteiger partial charge in [-0.25, -0.2) is 0 Å². The van der Waals surface area contributed by atoms with Crippen molar-refractivity contribution in [2.24, 2.45) is 11.7 Å². The third-order valence-electron chi connectivity index (χ3n) is 7.45. The molecule has 0 saturated heterocycles. The SMILES string of the molecule is Br.CCCCCCCCCCCC(N)C(CCCCCCC)C(CCCC)c1ccccc1. The topological polar surface area (TPSA) is 26.0 Å².